The summed E-state index contributed by atoms with van der Waals surface area (Å²) in [4.78, 5) is 26.5. The van der Waals surface area contributed by atoms with Crippen LogP contribution in [-0.4, -0.2) is 58.7 Å². The molecule has 4 rings (SSSR count). The van der Waals surface area contributed by atoms with Gasteiger partial charge in [0.15, 0.2) is 0 Å². The predicted molar refractivity (Wildman–Crippen MR) is 144 cm³/mol. The summed E-state index contributed by atoms with van der Waals surface area (Å²) in [7, 11) is 0. The Balaban J connectivity index is 1.71. The Morgan fingerprint density at radius 3 is 2.64 bits per heavy atom. The highest BCUT2D eigenvalue weighted by Crippen LogP contribution is 2.45. The molecule has 0 radical (unpaired) electrons. The molecule has 2 fully saturated rings. The van der Waals surface area contributed by atoms with E-state index < -0.39 is 35.3 Å². The Bertz CT molecular complexity index is 1200. The fraction of sp³-hybridized carbons (Fsp3) is 0.533. The highest BCUT2D eigenvalue weighted by molar-refractivity contribution is 5.79. The molecular formula is C30H39F2N3O4. The molecular weight excluding hydrogens is 504 g/mol. The number of nitrogens with one attached hydrogen (secondary N) is 1. The Labute approximate surface area is 228 Å². The van der Waals surface area contributed by atoms with Crippen LogP contribution in [0.1, 0.15) is 56.6 Å². The van der Waals surface area contributed by atoms with E-state index >= 15 is 8.78 Å². The summed E-state index contributed by atoms with van der Waals surface area (Å²) < 4.78 is 30.6. The Hall–Kier alpha value is -2.88. The zero-order chi connectivity index (χ0) is 28.3. The van der Waals surface area contributed by atoms with Crippen molar-refractivity contribution in [3.05, 3.63) is 59.2 Å². The highest BCUT2D eigenvalue weighted by Gasteiger charge is 2.45. The highest BCUT2D eigenvalue weighted by atomic mass is 19.1. The topological polar surface area (TPSA) is 116 Å². The van der Waals surface area contributed by atoms with E-state index in [-0.39, 0.29) is 47.4 Å². The molecule has 0 spiro atoms. The van der Waals surface area contributed by atoms with E-state index in [0.717, 1.165) is 5.56 Å². The number of hydrogen-bond donors (Lipinski definition) is 4. The molecule has 1 saturated carbocycles. The number of carbonyl (C=O) groups is 2. The van der Waals surface area contributed by atoms with Gasteiger partial charge < -0.3 is 26.2 Å². The summed E-state index contributed by atoms with van der Waals surface area (Å²) in [5, 5.41) is 25.3. The number of aliphatic hydroxyl groups is 2. The van der Waals surface area contributed by atoms with E-state index in [0.29, 0.717) is 45.2 Å². The van der Waals surface area contributed by atoms with Gasteiger partial charge in [-0.05, 0) is 69.2 Å². The third kappa shape index (κ3) is 6.31. The first-order chi connectivity index (χ1) is 18.5. The molecule has 5 atom stereocenters. The molecule has 5 unspecified atom stereocenters. The van der Waals surface area contributed by atoms with E-state index in [2.05, 4.69) is 5.32 Å². The van der Waals surface area contributed by atoms with Crippen molar-refractivity contribution in [1.82, 2.24) is 10.2 Å². The Kier molecular flexibility index (Phi) is 9.03. The molecule has 0 aromatic heterocycles. The fourth-order valence-electron chi connectivity index (χ4n) is 6.25. The number of nitrogens with zero attached hydrogens (tertiary/aromatic N) is 1. The molecule has 212 valence electrons. The molecule has 1 saturated heterocycles. The van der Waals surface area contributed by atoms with Gasteiger partial charge in [-0.1, -0.05) is 23.8 Å². The summed E-state index contributed by atoms with van der Waals surface area (Å²) in [5.74, 6) is -2.37. The number of hydrogen-bond acceptors (Lipinski definition) is 5. The number of likely N-dealkylation sites (tertiary alicyclic amines) is 1. The molecule has 2 aromatic carbocycles. The third-order valence-corrected chi connectivity index (χ3v) is 8.31. The molecule has 39 heavy (non-hydrogen) atoms. The third-order valence-electron chi connectivity index (χ3n) is 8.31. The fourth-order valence-corrected chi connectivity index (χ4v) is 6.25. The van der Waals surface area contributed by atoms with Crippen LogP contribution in [0.5, 0.6) is 0 Å². The normalized spacial score (nSPS) is 24.8. The van der Waals surface area contributed by atoms with Crippen molar-refractivity contribution < 1.29 is 28.6 Å². The van der Waals surface area contributed by atoms with Crippen molar-refractivity contribution >= 4 is 11.8 Å². The van der Waals surface area contributed by atoms with Gasteiger partial charge in [0.05, 0.1) is 11.7 Å². The van der Waals surface area contributed by atoms with Crippen LogP contribution in [0.15, 0.2) is 36.4 Å². The van der Waals surface area contributed by atoms with Crippen LogP contribution in [0.2, 0.25) is 0 Å². The standard InChI is InChI=1S/C30H39F2N3O4/c1-18-9-10-24(31)22(14-18)28-23(7-3-8-25(28)32)30(39,11-5-12-34-19(2)36)21-6-4-13-35(17-21)29(38)20-15-26(33)27(37)16-20/h3,7-10,14,20-21,26-27,37,39H,4-6,11-13,15-17,33H2,1-2H3,(H,34,36). The maximum Gasteiger partial charge on any atom is 0.225 e. The molecule has 1 aliphatic carbocycles. The summed E-state index contributed by atoms with van der Waals surface area (Å²) >= 11 is 0. The van der Waals surface area contributed by atoms with Gasteiger partial charge in [-0.2, -0.15) is 0 Å². The van der Waals surface area contributed by atoms with Gasteiger partial charge in [-0.3, -0.25) is 9.59 Å². The molecule has 7 nitrogen and oxygen atoms in total. The maximum absolute atomic E-state index is 15.5. The lowest BCUT2D eigenvalue weighted by atomic mass is 9.72. The summed E-state index contributed by atoms with van der Waals surface area (Å²) in [6.45, 7) is 4.27. The quantitative estimate of drug-likeness (QED) is 0.381. The summed E-state index contributed by atoms with van der Waals surface area (Å²) in [5.41, 5.74) is 5.45. The van der Waals surface area contributed by atoms with Gasteiger partial charge in [0.1, 0.15) is 11.6 Å². The van der Waals surface area contributed by atoms with Crippen LogP contribution in [0.25, 0.3) is 11.1 Å². The first-order valence-corrected chi connectivity index (χ1v) is 13.8. The van der Waals surface area contributed by atoms with Gasteiger partial charge in [-0.15, -0.1) is 0 Å². The second-order valence-corrected chi connectivity index (χ2v) is 11.2. The molecule has 0 bridgehead atoms. The van der Waals surface area contributed by atoms with E-state index in [4.69, 9.17) is 5.73 Å². The predicted octanol–water partition coefficient (Wildman–Crippen LogP) is 3.38. The lowest BCUT2D eigenvalue weighted by Gasteiger charge is -2.44. The minimum Gasteiger partial charge on any atom is -0.391 e. The number of benzene rings is 2. The minimum absolute atomic E-state index is 0.00839. The van der Waals surface area contributed by atoms with Crippen LogP contribution < -0.4 is 11.1 Å². The Morgan fingerprint density at radius 1 is 1.18 bits per heavy atom. The number of nitrogens with two attached hydrogens (primary N) is 1. The average Bonchev–Trinajstić information content (AvgIpc) is 3.25. The van der Waals surface area contributed by atoms with Gasteiger partial charge in [0.2, 0.25) is 11.8 Å². The molecule has 2 aromatic rings. The number of rotatable bonds is 8. The number of carbonyl (C=O) groups excluding carboxylic acids is 2. The van der Waals surface area contributed by atoms with Crippen LogP contribution in [-0.2, 0) is 15.2 Å². The van der Waals surface area contributed by atoms with Crippen LogP contribution >= 0.6 is 0 Å². The van der Waals surface area contributed by atoms with Crippen LogP contribution in [0.3, 0.4) is 0 Å². The molecule has 1 heterocycles. The average molecular weight is 544 g/mol. The number of halogens is 2. The van der Waals surface area contributed by atoms with Gasteiger partial charge >= 0.3 is 0 Å². The van der Waals surface area contributed by atoms with Crippen molar-refractivity contribution in [2.45, 2.75) is 70.1 Å². The molecule has 2 aliphatic rings. The van der Waals surface area contributed by atoms with Crippen LogP contribution in [0.4, 0.5) is 8.78 Å². The maximum atomic E-state index is 15.5. The van der Waals surface area contributed by atoms with E-state index in [1.54, 1.807) is 30.0 Å². The number of amides is 2. The second-order valence-electron chi connectivity index (χ2n) is 11.2. The minimum atomic E-state index is -1.60. The van der Waals surface area contributed by atoms with Crippen molar-refractivity contribution in [2.75, 3.05) is 19.6 Å². The molecule has 2 amide bonds. The van der Waals surface area contributed by atoms with Crippen molar-refractivity contribution in [1.29, 1.82) is 0 Å². The van der Waals surface area contributed by atoms with Gasteiger partial charge in [0, 0.05) is 55.6 Å². The zero-order valence-electron chi connectivity index (χ0n) is 22.6. The molecule has 9 heteroatoms. The monoisotopic (exact) mass is 543 g/mol. The largest absolute Gasteiger partial charge is 0.391 e. The lowest BCUT2D eigenvalue weighted by molar-refractivity contribution is -0.141. The van der Waals surface area contributed by atoms with Gasteiger partial charge in [0.25, 0.3) is 0 Å². The van der Waals surface area contributed by atoms with Crippen LogP contribution in [0, 0.1) is 30.4 Å². The number of aliphatic hydroxyl groups excluding tert-OH is 1. The zero-order valence-corrected chi connectivity index (χ0v) is 22.6. The SMILES string of the molecule is CC(=O)NCCCC(O)(c1cccc(F)c1-c1cc(C)ccc1F)C1CCCN(C(=O)C2CC(N)C(O)C2)C1. The first kappa shape index (κ1) is 29.1. The smallest absolute Gasteiger partial charge is 0.225 e. The molecule has 1 aliphatic heterocycles. The van der Waals surface area contributed by atoms with E-state index in [9.17, 15) is 19.8 Å². The summed E-state index contributed by atoms with van der Waals surface area (Å²) in [6, 6.07) is 8.42. The van der Waals surface area contributed by atoms with E-state index in [1.807, 2.05) is 0 Å². The number of piperidine rings is 1. The molecule has 5 N–H and O–H groups in total. The van der Waals surface area contributed by atoms with E-state index in [1.165, 1.54) is 25.1 Å². The number of aryl methyl sites for hydroxylation is 1. The van der Waals surface area contributed by atoms with Crippen molar-refractivity contribution in [2.24, 2.45) is 17.6 Å². The van der Waals surface area contributed by atoms with Gasteiger partial charge in [-0.25, -0.2) is 8.78 Å². The van der Waals surface area contributed by atoms with Crippen molar-refractivity contribution in [3.63, 3.8) is 0 Å². The lowest BCUT2D eigenvalue weighted by Crippen LogP contribution is -2.50. The van der Waals surface area contributed by atoms with Crippen molar-refractivity contribution in [3.8, 4) is 11.1 Å². The Morgan fingerprint density at radius 2 is 1.95 bits per heavy atom. The second kappa shape index (κ2) is 12.1. The first-order valence-electron chi connectivity index (χ1n) is 13.8. The summed E-state index contributed by atoms with van der Waals surface area (Å²) in [6.07, 6.45) is 1.79.